The summed E-state index contributed by atoms with van der Waals surface area (Å²) in [4.78, 5) is 13.1. The maximum absolute atomic E-state index is 13.5. The van der Waals surface area contributed by atoms with Crippen molar-refractivity contribution in [2.24, 2.45) is 0 Å². The number of hydrogen-bond acceptors (Lipinski definition) is 2. The van der Waals surface area contributed by atoms with Crippen LogP contribution >= 0.6 is 0 Å². The lowest BCUT2D eigenvalue weighted by Gasteiger charge is -2.17. The largest absolute Gasteiger partial charge is 0.383 e. The molecule has 94 valence electrons. The van der Waals surface area contributed by atoms with Crippen molar-refractivity contribution in [3.8, 4) is 0 Å². The predicted octanol–water partition coefficient (Wildman–Crippen LogP) is 2.24. The molecule has 0 radical (unpaired) electrons. The van der Waals surface area contributed by atoms with E-state index in [9.17, 15) is 9.18 Å². The summed E-state index contributed by atoms with van der Waals surface area (Å²) in [5.41, 5.74) is 0.998. The molecule has 4 nitrogen and oxygen atoms in total. The van der Waals surface area contributed by atoms with Crippen molar-refractivity contribution in [2.45, 2.75) is 6.92 Å². The third kappa shape index (κ3) is 4.03. The predicted molar refractivity (Wildman–Crippen MR) is 64.7 cm³/mol. The van der Waals surface area contributed by atoms with Crippen LogP contribution in [0.5, 0.6) is 0 Å². The van der Waals surface area contributed by atoms with Crippen molar-refractivity contribution < 1.29 is 13.9 Å². The first-order chi connectivity index (χ1) is 8.04. The van der Waals surface area contributed by atoms with Crippen LogP contribution in [0.1, 0.15) is 5.56 Å². The fourth-order valence-corrected chi connectivity index (χ4v) is 1.26. The SMILES string of the molecule is COCCN(C)C(=O)Nc1ccc(C)cc1F. The van der Waals surface area contributed by atoms with E-state index in [0.717, 1.165) is 5.56 Å². The summed E-state index contributed by atoms with van der Waals surface area (Å²) in [5.74, 6) is -0.432. The standard InChI is InChI=1S/C12H17FN2O2/c1-9-4-5-11(10(13)8-9)14-12(16)15(2)6-7-17-3/h4-5,8H,6-7H2,1-3H3,(H,14,16). The molecule has 0 heterocycles. The Kier molecular flexibility index (Phi) is 4.90. The lowest BCUT2D eigenvalue weighted by atomic mass is 10.2. The lowest BCUT2D eigenvalue weighted by Crippen LogP contribution is -2.34. The molecule has 0 aliphatic rings. The summed E-state index contributed by atoms with van der Waals surface area (Å²) in [6.07, 6.45) is 0. The zero-order chi connectivity index (χ0) is 12.8. The Labute approximate surface area is 100 Å². The number of benzene rings is 1. The van der Waals surface area contributed by atoms with E-state index in [1.54, 1.807) is 33.2 Å². The fraction of sp³-hybridized carbons (Fsp3) is 0.417. The number of nitrogens with one attached hydrogen (secondary N) is 1. The molecule has 0 atom stereocenters. The van der Waals surface area contributed by atoms with Gasteiger partial charge in [-0.3, -0.25) is 0 Å². The topological polar surface area (TPSA) is 41.6 Å². The van der Waals surface area contributed by atoms with Gasteiger partial charge in [-0.15, -0.1) is 0 Å². The van der Waals surface area contributed by atoms with Gasteiger partial charge < -0.3 is 15.0 Å². The second-order valence-electron chi connectivity index (χ2n) is 3.83. The molecule has 1 rings (SSSR count). The Bertz CT molecular complexity index is 396. The van der Waals surface area contributed by atoms with Crippen LogP contribution in [0.3, 0.4) is 0 Å². The smallest absolute Gasteiger partial charge is 0.321 e. The van der Waals surface area contributed by atoms with Gasteiger partial charge in [0.2, 0.25) is 0 Å². The fourth-order valence-electron chi connectivity index (χ4n) is 1.26. The molecule has 17 heavy (non-hydrogen) atoms. The number of hydrogen-bond donors (Lipinski definition) is 1. The molecule has 1 aromatic rings. The van der Waals surface area contributed by atoms with Crippen LogP contribution in [-0.4, -0.2) is 38.2 Å². The molecule has 0 fully saturated rings. The van der Waals surface area contributed by atoms with Crippen LogP contribution in [0.15, 0.2) is 18.2 Å². The second-order valence-corrected chi connectivity index (χ2v) is 3.83. The van der Waals surface area contributed by atoms with E-state index in [1.807, 2.05) is 0 Å². The van der Waals surface area contributed by atoms with Gasteiger partial charge in [0.15, 0.2) is 0 Å². The first kappa shape index (κ1) is 13.4. The van der Waals surface area contributed by atoms with Gasteiger partial charge in [0.25, 0.3) is 0 Å². The van der Waals surface area contributed by atoms with Crippen LogP contribution in [0, 0.1) is 12.7 Å². The Morgan fingerprint density at radius 2 is 2.24 bits per heavy atom. The minimum atomic E-state index is -0.432. The number of carbonyl (C=O) groups excluding carboxylic acids is 1. The van der Waals surface area contributed by atoms with E-state index in [2.05, 4.69) is 5.32 Å². The van der Waals surface area contributed by atoms with Gasteiger partial charge >= 0.3 is 6.03 Å². The number of urea groups is 1. The Morgan fingerprint density at radius 1 is 1.53 bits per heavy atom. The minimum absolute atomic E-state index is 0.185. The lowest BCUT2D eigenvalue weighted by molar-refractivity contribution is 0.165. The van der Waals surface area contributed by atoms with Crippen molar-refractivity contribution >= 4 is 11.7 Å². The molecule has 0 bridgehead atoms. The van der Waals surface area contributed by atoms with Crippen LogP contribution in [0.4, 0.5) is 14.9 Å². The number of methoxy groups -OCH3 is 1. The average Bonchev–Trinajstić information content (AvgIpc) is 2.29. The molecular weight excluding hydrogens is 223 g/mol. The summed E-state index contributed by atoms with van der Waals surface area (Å²) in [7, 11) is 3.19. The van der Waals surface area contributed by atoms with Gasteiger partial charge in [0.05, 0.1) is 12.3 Å². The van der Waals surface area contributed by atoms with Gasteiger partial charge in [0.1, 0.15) is 5.82 Å². The Hall–Kier alpha value is -1.62. The van der Waals surface area contributed by atoms with Gasteiger partial charge in [0, 0.05) is 20.7 Å². The zero-order valence-corrected chi connectivity index (χ0v) is 10.3. The first-order valence-electron chi connectivity index (χ1n) is 5.32. The average molecular weight is 240 g/mol. The highest BCUT2D eigenvalue weighted by atomic mass is 19.1. The normalized spacial score (nSPS) is 10.1. The highest BCUT2D eigenvalue weighted by Gasteiger charge is 2.10. The molecule has 5 heteroatoms. The van der Waals surface area contributed by atoms with Crippen molar-refractivity contribution in [1.82, 2.24) is 4.90 Å². The second kappa shape index (κ2) is 6.20. The van der Waals surface area contributed by atoms with E-state index in [-0.39, 0.29) is 11.7 Å². The molecule has 1 N–H and O–H groups in total. The summed E-state index contributed by atoms with van der Waals surface area (Å²) in [5, 5.41) is 2.50. The molecule has 1 aromatic carbocycles. The van der Waals surface area contributed by atoms with Gasteiger partial charge in [-0.1, -0.05) is 6.07 Å². The summed E-state index contributed by atoms with van der Waals surface area (Å²) >= 11 is 0. The number of nitrogens with zero attached hydrogens (tertiary/aromatic N) is 1. The maximum Gasteiger partial charge on any atom is 0.321 e. The minimum Gasteiger partial charge on any atom is -0.383 e. The molecule has 0 aromatic heterocycles. The summed E-state index contributed by atoms with van der Waals surface area (Å²) in [6, 6.07) is 4.32. The Morgan fingerprint density at radius 3 is 2.82 bits per heavy atom. The van der Waals surface area contributed by atoms with Crippen molar-refractivity contribution in [3.05, 3.63) is 29.6 Å². The number of likely N-dealkylation sites (N-methyl/N-ethyl adjacent to an activating group) is 1. The van der Waals surface area contributed by atoms with E-state index in [0.29, 0.717) is 13.2 Å². The molecule has 0 aliphatic heterocycles. The number of carbonyl (C=O) groups is 1. The van der Waals surface area contributed by atoms with E-state index < -0.39 is 5.82 Å². The first-order valence-corrected chi connectivity index (χ1v) is 5.32. The number of rotatable bonds is 4. The maximum atomic E-state index is 13.5. The quantitative estimate of drug-likeness (QED) is 0.877. The monoisotopic (exact) mass is 240 g/mol. The van der Waals surface area contributed by atoms with Crippen LogP contribution in [0.2, 0.25) is 0 Å². The van der Waals surface area contributed by atoms with E-state index >= 15 is 0 Å². The zero-order valence-electron chi connectivity index (χ0n) is 10.3. The summed E-state index contributed by atoms with van der Waals surface area (Å²) < 4.78 is 18.3. The van der Waals surface area contributed by atoms with Crippen molar-refractivity contribution in [1.29, 1.82) is 0 Å². The van der Waals surface area contributed by atoms with E-state index in [1.165, 1.54) is 11.0 Å². The van der Waals surface area contributed by atoms with Crippen LogP contribution < -0.4 is 5.32 Å². The van der Waals surface area contributed by atoms with Crippen molar-refractivity contribution in [2.75, 3.05) is 32.6 Å². The van der Waals surface area contributed by atoms with Crippen LogP contribution in [0.25, 0.3) is 0 Å². The molecule has 0 spiro atoms. The number of ether oxygens (including phenoxy) is 1. The molecule has 0 saturated heterocycles. The molecule has 0 aliphatic carbocycles. The highest BCUT2D eigenvalue weighted by Crippen LogP contribution is 2.15. The molecule has 0 saturated carbocycles. The third-order valence-corrected chi connectivity index (χ3v) is 2.34. The van der Waals surface area contributed by atoms with Gasteiger partial charge in [-0.05, 0) is 24.6 Å². The highest BCUT2D eigenvalue weighted by molar-refractivity contribution is 5.89. The molecule has 2 amide bonds. The molecular formula is C12H17FN2O2. The number of amides is 2. The third-order valence-electron chi connectivity index (χ3n) is 2.34. The molecule has 0 unspecified atom stereocenters. The van der Waals surface area contributed by atoms with Gasteiger partial charge in [-0.25, -0.2) is 9.18 Å². The summed E-state index contributed by atoms with van der Waals surface area (Å²) in [6.45, 7) is 2.69. The number of aryl methyl sites for hydroxylation is 1. The van der Waals surface area contributed by atoms with Crippen molar-refractivity contribution in [3.63, 3.8) is 0 Å². The number of halogens is 1. The van der Waals surface area contributed by atoms with E-state index in [4.69, 9.17) is 4.74 Å². The number of anilines is 1. The van der Waals surface area contributed by atoms with Gasteiger partial charge in [-0.2, -0.15) is 0 Å². The Balaban J connectivity index is 2.61. The van der Waals surface area contributed by atoms with Crippen LogP contribution in [-0.2, 0) is 4.74 Å².